The van der Waals surface area contributed by atoms with Gasteiger partial charge in [0, 0.05) is 37.9 Å². The van der Waals surface area contributed by atoms with Crippen LogP contribution < -0.4 is 4.90 Å². The lowest BCUT2D eigenvalue weighted by Gasteiger charge is -2.42. The Morgan fingerprint density at radius 1 is 1.04 bits per heavy atom. The summed E-state index contributed by atoms with van der Waals surface area (Å²) < 4.78 is 2.03. The van der Waals surface area contributed by atoms with Crippen LogP contribution in [0, 0.1) is 11.8 Å². The SMILES string of the molecule is CN(C)c1ccc(C2C(=O)C(C3C=CC(=[N+](C)C)C=C3)C2O)cc1. The van der Waals surface area contributed by atoms with Crippen molar-refractivity contribution in [1.29, 1.82) is 0 Å². The van der Waals surface area contributed by atoms with E-state index in [-0.39, 0.29) is 17.6 Å². The Bertz CT molecular complexity index is 709. The maximum atomic E-state index is 12.7. The number of hydrogen-bond acceptors (Lipinski definition) is 3. The molecule has 1 fully saturated rings. The summed E-state index contributed by atoms with van der Waals surface area (Å²) in [6.07, 6.45) is 7.45. The van der Waals surface area contributed by atoms with Crippen LogP contribution in [-0.2, 0) is 4.79 Å². The molecule has 1 saturated carbocycles. The molecule has 1 aromatic carbocycles. The highest BCUT2D eigenvalue weighted by molar-refractivity contribution is 6.02. The number of allylic oxidation sites excluding steroid dienone is 4. The Kier molecular flexibility index (Phi) is 4.41. The van der Waals surface area contributed by atoms with Crippen LogP contribution in [-0.4, -0.2) is 55.5 Å². The van der Waals surface area contributed by atoms with E-state index >= 15 is 0 Å². The van der Waals surface area contributed by atoms with Crippen molar-refractivity contribution < 1.29 is 14.5 Å². The highest BCUT2D eigenvalue weighted by Gasteiger charge is 2.52. The second-order valence-electron chi connectivity index (χ2n) is 7.00. The van der Waals surface area contributed by atoms with Gasteiger partial charge in [0.1, 0.15) is 19.9 Å². The maximum absolute atomic E-state index is 12.7. The number of ketones is 1. The molecule has 0 aliphatic heterocycles. The van der Waals surface area contributed by atoms with Gasteiger partial charge >= 0.3 is 0 Å². The molecule has 4 nitrogen and oxygen atoms in total. The summed E-state index contributed by atoms with van der Waals surface area (Å²) in [6, 6.07) is 7.87. The van der Waals surface area contributed by atoms with Crippen molar-refractivity contribution in [2.75, 3.05) is 33.1 Å². The summed E-state index contributed by atoms with van der Waals surface area (Å²) >= 11 is 0. The Morgan fingerprint density at radius 3 is 2.08 bits per heavy atom. The van der Waals surface area contributed by atoms with Crippen LogP contribution in [0.5, 0.6) is 0 Å². The minimum absolute atomic E-state index is 0.0199. The van der Waals surface area contributed by atoms with Gasteiger partial charge in [-0.3, -0.25) is 4.79 Å². The number of rotatable bonds is 3. The predicted octanol–water partition coefficient (Wildman–Crippen LogP) is 1.85. The van der Waals surface area contributed by atoms with Gasteiger partial charge in [0.25, 0.3) is 0 Å². The van der Waals surface area contributed by atoms with Crippen molar-refractivity contribution in [3.05, 3.63) is 54.1 Å². The number of anilines is 1. The second kappa shape index (κ2) is 6.36. The molecule has 0 spiro atoms. The average Bonchev–Trinajstić information content (AvgIpc) is 2.56. The number of benzene rings is 1. The molecule has 0 bridgehead atoms. The molecule has 2 aliphatic carbocycles. The zero-order valence-corrected chi connectivity index (χ0v) is 14.7. The molecule has 1 N–H and O–H groups in total. The molecule has 0 amide bonds. The first-order chi connectivity index (χ1) is 11.4. The third-order valence-corrected chi connectivity index (χ3v) is 5.02. The predicted molar refractivity (Wildman–Crippen MR) is 96.9 cm³/mol. The van der Waals surface area contributed by atoms with Crippen molar-refractivity contribution in [3.63, 3.8) is 0 Å². The topological polar surface area (TPSA) is 43.5 Å². The zero-order valence-electron chi connectivity index (χ0n) is 14.7. The Hall–Kier alpha value is -2.20. The first-order valence-corrected chi connectivity index (χ1v) is 8.30. The molecule has 3 atom stereocenters. The molecule has 0 saturated heterocycles. The Labute approximate surface area is 143 Å². The van der Waals surface area contributed by atoms with E-state index < -0.39 is 12.0 Å². The van der Waals surface area contributed by atoms with E-state index in [2.05, 4.69) is 0 Å². The molecule has 3 rings (SSSR count). The third-order valence-electron chi connectivity index (χ3n) is 5.02. The van der Waals surface area contributed by atoms with E-state index in [0.29, 0.717) is 0 Å². The highest BCUT2D eigenvalue weighted by atomic mass is 16.3. The van der Waals surface area contributed by atoms with E-state index in [1.807, 2.05) is 86.2 Å². The molecule has 0 aromatic heterocycles. The van der Waals surface area contributed by atoms with Crippen LogP contribution >= 0.6 is 0 Å². The van der Waals surface area contributed by atoms with Gasteiger partial charge < -0.3 is 10.0 Å². The summed E-state index contributed by atoms with van der Waals surface area (Å²) in [5, 5.41) is 10.6. The first kappa shape index (κ1) is 16.7. The van der Waals surface area contributed by atoms with E-state index in [4.69, 9.17) is 0 Å². The summed E-state index contributed by atoms with van der Waals surface area (Å²) in [5.41, 5.74) is 3.09. The molecule has 0 heterocycles. The van der Waals surface area contributed by atoms with Gasteiger partial charge in [0.2, 0.25) is 0 Å². The average molecular weight is 325 g/mol. The van der Waals surface area contributed by atoms with Gasteiger partial charge in [-0.1, -0.05) is 24.3 Å². The normalized spacial score (nSPS) is 28.7. The Morgan fingerprint density at radius 2 is 1.62 bits per heavy atom. The van der Waals surface area contributed by atoms with Gasteiger partial charge in [0.15, 0.2) is 5.71 Å². The minimum Gasteiger partial charge on any atom is -0.391 e. The monoisotopic (exact) mass is 325 g/mol. The fraction of sp³-hybridized carbons (Fsp3) is 0.400. The zero-order chi connectivity index (χ0) is 17.4. The van der Waals surface area contributed by atoms with Crippen molar-refractivity contribution >= 4 is 17.2 Å². The molecular weight excluding hydrogens is 300 g/mol. The number of nitrogens with zero attached hydrogens (tertiary/aromatic N) is 2. The van der Waals surface area contributed by atoms with Crippen LogP contribution in [0.3, 0.4) is 0 Å². The molecular formula is C20H25N2O2+. The number of aliphatic hydroxyl groups excluding tert-OH is 1. The van der Waals surface area contributed by atoms with Crippen molar-refractivity contribution in [2.45, 2.75) is 12.0 Å². The van der Waals surface area contributed by atoms with E-state index in [1.165, 1.54) is 0 Å². The molecule has 2 aliphatic rings. The van der Waals surface area contributed by atoms with Crippen LogP contribution in [0.4, 0.5) is 5.69 Å². The highest BCUT2D eigenvalue weighted by Crippen LogP contribution is 2.44. The van der Waals surface area contributed by atoms with Gasteiger partial charge in [0.05, 0.1) is 17.9 Å². The van der Waals surface area contributed by atoms with Gasteiger partial charge in [-0.15, -0.1) is 0 Å². The summed E-state index contributed by atoms with van der Waals surface area (Å²) in [4.78, 5) is 14.7. The van der Waals surface area contributed by atoms with E-state index in [0.717, 1.165) is 17.0 Å². The largest absolute Gasteiger partial charge is 0.391 e. The maximum Gasteiger partial charge on any atom is 0.198 e. The van der Waals surface area contributed by atoms with Crippen LogP contribution in [0.1, 0.15) is 11.5 Å². The molecule has 0 radical (unpaired) electrons. The number of hydrogen-bond donors (Lipinski definition) is 1. The van der Waals surface area contributed by atoms with E-state index in [9.17, 15) is 9.90 Å². The smallest absolute Gasteiger partial charge is 0.198 e. The summed E-state index contributed by atoms with van der Waals surface area (Å²) in [7, 11) is 7.94. The lowest BCUT2D eigenvalue weighted by atomic mass is 9.62. The van der Waals surface area contributed by atoms with Crippen molar-refractivity contribution in [3.8, 4) is 0 Å². The molecule has 4 heteroatoms. The van der Waals surface area contributed by atoms with Gasteiger partial charge in [-0.2, -0.15) is 0 Å². The standard InChI is InChI=1S/C20H25N2O2/c1-21(2)15-9-5-13(6-10-15)17-19(23)18(20(17)24)14-7-11-16(12-8-14)22(3)4/h5-13,17-19,23H,1-4H3/q+1. The first-order valence-electron chi connectivity index (χ1n) is 8.30. The third kappa shape index (κ3) is 2.82. The lowest BCUT2D eigenvalue weighted by Crippen LogP contribution is -2.53. The summed E-state index contributed by atoms with van der Waals surface area (Å²) in [5.74, 6) is -0.617. The van der Waals surface area contributed by atoms with Crippen molar-refractivity contribution in [2.24, 2.45) is 11.8 Å². The number of aliphatic hydroxyl groups is 1. The van der Waals surface area contributed by atoms with Crippen LogP contribution in [0.15, 0.2) is 48.6 Å². The lowest BCUT2D eigenvalue weighted by molar-refractivity contribution is -0.462. The van der Waals surface area contributed by atoms with E-state index in [1.54, 1.807) is 0 Å². The molecule has 126 valence electrons. The fourth-order valence-electron chi connectivity index (χ4n) is 3.47. The van der Waals surface area contributed by atoms with Gasteiger partial charge in [-0.05, 0) is 17.7 Å². The molecule has 24 heavy (non-hydrogen) atoms. The summed E-state index contributed by atoms with van der Waals surface area (Å²) in [6.45, 7) is 0. The number of carbonyl (C=O) groups excluding carboxylic acids is 1. The van der Waals surface area contributed by atoms with Crippen LogP contribution in [0.2, 0.25) is 0 Å². The minimum atomic E-state index is -0.622. The quantitative estimate of drug-likeness (QED) is 0.863. The number of carbonyl (C=O) groups is 1. The number of Topliss-reactive ketones (excluding diaryl/α,β-unsaturated/α-hetero) is 1. The van der Waals surface area contributed by atoms with Crippen molar-refractivity contribution in [1.82, 2.24) is 0 Å². The fourth-order valence-corrected chi connectivity index (χ4v) is 3.47. The second-order valence-corrected chi connectivity index (χ2v) is 7.00. The Balaban J connectivity index is 1.74. The molecule has 3 unspecified atom stereocenters. The molecule has 1 aromatic rings. The van der Waals surface area contributed by atoms with Gasteiger partial charge in [-0.25, -0.2) is 4.58 Å². The van der Waals surface area contributed by atoms with Crippen LogP contribution in [0.25, 0.3) is 0 Å².